The van der Waals surface area contributed by atoms with Crippen LogP contribution in [0.3, 0.4) is 0 Å². The summed E-state index contributed by atoms with van der Waals surface area (Å²) in [4.78, 5) is 0. The molecule has 0 amide bonds. The van der Waals surface area contributed by atoms with Gasteiger partial charge in [-0.1, -0.05) is 12.1 Å². The van der Waals surface area contributed by atoms with Crippen LogP contribution in [0.4, 0.5) is 17.6 Å². The first-order valence-corrected chi connectivity index (χ1v) is 4.34. The zero-order valence-electron chi connectivity index (χ0n) is 7.81. The Balaban J connectivity index is 2.67. The van der Waals surface area contributed by atoms with Crippen molar-refractivity contribution in [2.45, 2.75) is 18.6 Å². The monoisotopic (exact) mass is 231 g/mol. The molecule has 1 aromatic rings. The molecule has 0 atom stereocenters. The lowest BCUT2D eigenvalue weighted by atomic mass is 9.99. The van der Waals surface area contributed by atoms with Gasteiger partial charge in [-0.2, -0.15) is 22.8 Å². The van der Waals surface area contributed by atoms with Crippen LogP contribution in [0.25, 0.3) is 0 Å². The highest BCUT2D eigenvalue weighted by Gasteiger charge is 2.58. The lowest BCUT2D eigenvalue weighted by molar-refractivity contribution is -0.369. The number of halogens is 4. The summed E-state index contributed by atoms with van der Waals surface area (Å²) in [5, 5.41) is 8.43. The van der Waals surface area contributed by atoms with Gasteiger partial charge in [0.25, 0.3) is 0 Å². The van der Waals surface area contributed by atoms with E-state index in [4.69, 9.17) is 5.26 Å². The Morgan fingerprint density at radius 2 is 1.88 bits per heavy atom. The molecule has 1 aliphatic heterocycles. The van der Waals surface area contributed by atoms with Crippen LogP contribution >= 0.6 is 0 Å². The van der Waals surface area contributed by atoms with Gasteiger partial charge in [-0.3, -0.25) is 0 Å². The van der Waals surface area contributed by atoms with E-state index in [-0.39, 0.29) is 12.0 Å². The van der Waals surface area contributed by atoms with Gasteiger partial charge in [-0.15, -0.1) is 0 Å². The summed E-state index contributed by atoms with van der Waals surface area (Å²) in [7, 11) is 0. The van der Waals surface area contributed by atoms with E-state index in [9.17, 15) is 17.6 Å². The van der Waals surface area contributed by atoms with Crippen LogP contribution in [0.15, 0.2) is 18.2 Å². The molecule has 0 aliphatic carbocycles. The van der Waals surface area contributed by atoms with Crippen molar-refractivity contribution in [3.63, 3.8) is 0 Å². The molecule has 2 nitrogen and oxygen atoms in total. The molecule has 0 fully saturated rings. The molecule has 0 unspecified atom stereocenters. The van der Waals surface area contributed by atoms with Crippen LogP contribution in [0.5, 0.6) is 0 Å². The molecule has 1 aromatic carbocycles. The maximum Gasteiger partial charge on any atom is 0.388 e. The van der Waals surface area contributed by atoms with Crippen molar-refractivity contribution in [2.24, 2.45) is 0 Å². The average Bonchev–Trinajstić information content (AvgIpc) is 2.34. The van der Waals surface area contributed by atoms with Crippen molar-refractivity contribution in [3.8, 4) is 6.07 Å². The molecule has 16 heavy (non-hydrogen) atoms. The molecule has 0 saturated carbocycles. The van der Waals surface area contributed by atoms with Gasteiger partial charge in [0.05, 0.1) is 23.6 Å². The molecular formula is C10H5F4NO. The molecular weight excluding hydrogens is 226 g/mol. The van der Waals surface area contributed by atoms with E-state index in [0.29, 0.717) is 0 Å². The first-order chi connectivity index (χ1) is 7.38. The van der Waals surface area contributed by atoms with E-state index < -0.39 is 23.3 Å². The number of nitriles is 1. The highest BCUT2D eigenvalue weighted by molar-refractivity contribution is 5.43. The third-order valence-corrected chi connectivity index (χ3v) is 2.28. The fourth-order valence-electron chi connectivity index (χ4n) is 1.69. The number of hydrogen-bond acceptors (Lipinski definition) is 2. The summed E-state index contributed by atoms with van der Waals surface area (Å²) in [5.41, 5.74) is -1.89. The molecule has 0 aromatic heterocycles. The summed E-state index contributed by atoms with van der Waals surface area (Å²) < 4.78 is 56.0. The highest BCUT2D eigenvalue weighted by atomic mass is 19.3. The van der Waals surface area contributed by atoms with Crippen molar-refractivity contribution in [2.75, 3.05) is 0 Å². The quantitative estimate of drug-likeness (QED) is 0.696. The predicted molar refractivity (Wildman–Crippen MR) is 44.6 cm³/mol. The Labute approximate surface area is 88.1 Å². The maximum atomic E-state index is 13.2. The first kappa shape index (κ1) is 10.9. The number of nitrogens with zero attached hydrogens (tertiary/aromatic N) is 1. The number of fused-ring (bicyclic) bond motifs is 1. The van der Waals surface area contributed by atoms with Gasteiger partial charge in [0.1, 0.15) is 0 Å². The standard InChI is InChI=1S/C10H5F4NO/c11-9(12)7-3-1-2-6(4-5-15)8(7)10(13,14)16-9/h1-3H,4H2. The van der Waals surface area contributed by atoms with Crippen molar-refractivity contribution >= 4 is 0 Å². The number of rotatable bonds is 1. The third-order valence-electron chi connectivity index (χ3n) is 2.28. The number of benzene rings is 1. The fraction of sp³-hybridized carbons (Fsp3) is 0.300. The van der Waals surface area contributed by atoms with Gasteiger partial charge in [0.15, 0.2) is 0 Å². The van der Waals surface area contributed by atoms with Crippen molar-refractivity contribution in [3.05, 3.63) is 34.9 Å². The minimum absolute atomic E-state index is 0.137. The molecule has 0 bridgehead atoms. The summed E-state index contributed by atoms with van der Waals surface area (Å²) in [6.45, 7) is 0. The van der Waals surface area contributed by atoms with E-state index in [2.05, 4.69) is 4.74 Å². The minimum Gasteiger partial charge on any atom is -0.247 e. The summed E-state index contributed by atoms with van der Waals surface area (Å²) in [5.74, 6) is 0. The van der Waals surface area contributed by atoms with Crippen LogP contribution < -0.4 is 0 Å². The topological polar surface area (TPSA) is 33.0 Å². The van der Waals surface area contributed by atoms with Crippen LogP contribution in [0.2, 0.25) is 0 Å². The second-order valence-electron chi connectivity index (χ2n) is 3.31. The highest BCUT2D eigenvalue weighted by Crippen LogP contribution is 2.51. The Morgan fingerprint density at radius 3 is 2.50 bits per heavy atom. The predicted octanol–water partition coefficient (Wildman–Crippen LogP) is 2.88. The summed E-state index contributed by atoms with van der Waals surface area (Å²) >= 11 is 0. The molecule has 0 saturated heterocycles. The Bertz CT molecular complexity index is 478. The van der Waals surface area contributed by atoms with Gasteiger partial charge in [0.2, 0.25) is 0 Å². The van der Waals surface area contributed by atoms with Crippen molar-refractivity contribution in [1.29, 1.82) is 5.26 Å². The summed E-state index contributed by atoms with van der Waals surface area (Å²) in [6.07, 6.45) is -8.42. The van der Waals surface area contributed by atoms with E-state index >= 15 is 0 Å². The number of ether oxygens (including phenoxy) is 1. The van der Waals surface area contributed by atoms with E-state index in [1.807, 2.05) is 0 Å². The van der Waals surface area contributed by atoms with Gasteiger partial charge < -0.3 is 0 Å². The van der Waals surface area contributed by atoms with Crippen molar-refractivity contribution in [1.82, 2.24) is 0 Å². The molecule has 0 spiro atoms. The molecule has 0 N–H and O–H groups in total. The second kappa shape index (κ2) is 3.19. The molecule has 84 valence electrons. The first-order valence-electron chi connectivity index (χ1n) is 4.34. The van der Waals surface area contributed by atoms with Crippen LogP contribution in [0, 0.1) is 11.3 Å². The van der Waals surface area contributed by atoms with E-state index in [1.165, 1.54) is 12.1 Å². The zero-order chi connectivity index (χ0) is 12.0. The smallest absolute Gasteiger partial charge is 0.247 e. The van der Waals surface area contributed by atoms with Crippen LogP contribution in [-0.4, -0.2) is 0 Å². The maximum absolute atomic E-state index is 13.2. The van der Waals surface area contributed by atoms with Crippen LogP contribution in [-0.2, 0) is 23.4 Å². The number of hydrogen-bond donors (Lipinski definition) is 0. The normalized spacial score (nSPS) is 20.2. The van der Waals surface area contributed by atoms with E-state index in [0.717, 1.165) is 6.07 Å². The molecule has 2 rings (SSSR count). The molecule has 1 heterocycles. The van der Waals surface area contributed by atoms with Crippen LogP contribution in [0.1, 0.15) is 16.7 Å². The number of alkyl halides is 4. The van der Waals surface area contributed by atoms with Gasteiger partial charge in [-0.25, -0.2) is 4.74 Å². The van der Waals surface area contributed by atoms with Gasteiger partial charge in [0, 0.05) is 0 Å². The lowest BCUT2D eigenvalue weighted by Crippen LogP contribution is -2.18. The third kappa shape index (κ3) is 1.44. The van der Waals surface area contributed by atoms with Gasteiger partial charge >= 0.3 is 12.2 Å². The molecule has 0 radical (unpaired) electrons. The zero-order valence-corrected chi connectivity index (χ0v) is 7.81. The van der Waals surface area contributed by atoms with Crippen molar-refractivity contribution < 1.29 is 22.3 Å². The minimum atomic E-state index is -4.05. The largest absolute Gasteiger partial charge is 0.388 e. The van der Waals surface area contributed by atoms with Gasteiger partial charge in [-0.05, 0) is 11.6 Å². The Morgan fingerprint density at radius 1 is 1.19 bits per heavy atom. The Hall–Kier alpha value is -1.61. The Kier molecular flexibility index (Phi) is 2.17. The molecule has 1 aliphatic rings. The lowest BCUT2D eigenvalue weighted by Gasteiger charge is -2.11. The second-order valence-corrected chi connectivity index (χ2v) is 3.31. The molecule has 6 heteroatoms. The SMILES string of the molecule is N#CCc1cccc2c1C(F)(F)OC2(F)F. The fourth-order valence-corrected chi connectivity index (χ4v) is 1.69. The van der Waals surface area contributed by atoms with E-state index in [1.54, 1.807) is 6.07 Å². The average molecular weight is 231 g/mol. The summed E-state index contributed by atoms with van der Waals surface area (Å²) in [6, 6.07) is 4.92.